The van der Waals surface area contributed by atoms with Crippen LogP contribution in [-0.2, 0) is 6.54 Å². The molecule has 0 amide bonds. The van der Waals surface area contributed by atoms with E-state index >= 15 is 0 Å². The summed E-state index contributed by atoms with van der Waals surface area (Å²) in [7, 11) is 0. The molecular formula is C8H7N5O4. The van der Waals surface area contributed by atoms with Crippen LogP contribution >= 0.6 is 0 Å². The summed E-state index contributed by atoms with van der Waals surface area (Å²) < 4.78 is 1.24. The summed E-state index contributed by atoms with van der Waals surface area (Å²) in [5, 5.41) is 8.82. The molecule has 17 heavy (non-hydrogen) atoms. The standard InChI is InChI=1S/C8H7N5O4/c1-9-13-6(15)4-5(11-7(16)10-4)12(2-3-14)8(13)17/h14H,2-3H2,(H2,10,11,16). The lowest BCUT2D eigenvalue weighted by atomic mass is 10.5. The molecule has 9 heteroatoms. The lowest BCUT2D eigenvalue weighted by molar-refractivity contribution is 0.274. The molecule has 0 aromatic carbocycles. The zero-order valence-corrected chi connectivity index (χ0v) is 8.43. The molecule has 2 aromatic heterocycles. The Labute approximate surface area is 92.3 Å². The summed E-state index contributed by atoms with van der Waals surface area (Å²) >= 11 is 0. The van der Waals surface area contributed by atoms with Gasteiger partial charge in [0.1, 0.15) is 5.65 Å². The van der Waals surface area contributed by atoms with Crippen LogP contribution in [0.15, 0.2) is 14.4 Å². The van der Waals surface area contributed by atoms with Gasteiger partial charge in [-0.3, -0.25) is 19.3 Å². The maximum absolute atomic E-state index is 11.7. The predicted molar refractivity (Wildman–Crippen MR) is 56.5 cm³/mol. The van der Waals surface area contributed by atoms with E-state index in [4.69, 9.17) is 11.7 Å². The van der Waals surface area contributed by atoms with Crippen LogP contribution in [-0.4, -0.2) is 30.9 Å². The minimum atomic E-state index is -0.901. The highest BCUT2D eigenvalue weighted by Gasteiger charge is 2.18. The summed E-state index contributed by atoms with van der Waals surface area (Å²) in [5.74, 6) is 0. The molecule has 0 radical (unpaired) electrons. The monoisotopic (exact) mass is 237 g/mol. The van der Waals surface area contributed by atoms with Crippen molar-refractivity contribution in [2.24, 2.45) is 0 Å². The third-order valence-corrected chi connectivity index (χ3v) is 2.22. The fraction of sp³-hybridized carbons (Fsp3) is 0.250. The van der Waals surface area contributed by atoms with E-state index in [1.807, 2.05) is 0 Å². The van der Waals surface area contributed by atoms with E-state index in [-0.39, 0.29) is 24.3 Å². The van der Waals surface area contributed by atoms with Crippen molar-refractivity contribution < 1.29 is 5.11 Å². The highest BCUT2D eigenvalue weighted by molar-refractivity contribution is 5.68. The van der Waals surface area contributed by atoms with Gasteiger partial charge in [0.05, 0.1) is 17.8 Å². The van der Waals surface area contributed by atoms with Crippen molar-refractivity contribution in [3.63, 3.8) is 0 Å². The van der Waals surface area contributed by atoms with Crippen molar-refractivity contribution in [3.8, 4) is 0 Å². The third-order valence-electron chi connectivity index (χ3n) is 2.22. The van der Waals surface area contributed by atoms with Gasteiger partial charge in [-0.2, -0.15) is 6.57 Å². The highest BCUT2D eigenvalue weighted by atomic mass is 16.3. The van der Waals surface area contributed by atoms with E-state index in [1.54, 1.807) is 0 Å². The van der Waals surface area contributed by atoms with Crippen LogP contribution in [0.25, 0.3) is 16.1 Å². The Morgan fingerprint density at radius 1 is 1.29 bits per heavy atom. The normalized spacial score (nSPS) is 10.6. The smallest absolute Gasteiger partial charge is 0.395 e. The van der Waals surface area contributed by atoms with E-state index in [2.05, 4.69) is 14.9 Å². The van der Waals surface area contributed by atoms with Gasteiger partial charge in [-0.15, -0.1) is 4.95 Å². The fourth-order valence-electron chi connectivity index (χ4n) is 1.53. The van der Waals surface area contributed by atoms with Gasteiger partial charge in [0, 0.05) is 0 Å². The zero-order valence-electron chi connectivity index (χ0n) is 8.43. The highest BCUT2D eigenvalue weighted by Crippen LogP contribution is 1.98. The molecule has 0 saturated heterocycles. The Hall–Kier alpha value is -2.60. The molecule has 0 spiro atoms. The quantitative estimate of drug-likeness (QED) is 0.516. The molecule has 0 aliphatic heterocycles. The number of aromatic amines is 2. The number of hydrogen-bond donors (Lipinski definition) is 3. The van der Waals surface area contributed by atoms with Crippen molar-refractivity contribution in [1.82, 2.24) is 19.2 Å². The number of aliphatic hydroxyl groups excluding tert-OH is 1. The van der Waals surface area contributed by atoms with Crippen molar-refractivity contribution in [2.45, 2.75) is 6.54 Å². The average molecular weight is 237 g/mol. The van der Waals surface area contributed by atoms with E-state index in [1.165, 1.54) is 0 Å². The van der Waals surface area contributed by atoms with Gasteiger partial charge in [-0.25, -0.2) is 9.59 Å². The molecule has 9 nitrogen and oxygen atoms in total. The fourth-order valence-corrected chi connectivity index (χ4v) is 1.53. The third kappa shape index (κ3) is 1.47. The van der Waals surface area contributed by atoms with Gasteiger partial charge < -0.3 is 5.11 Å². The zero-order chi connectivity index (χ0) is 12.6. The summed E-state index contributed by atoms with van der Waals surface area (Å²) in [6.45, 7) is 6.26. The summed E-state index contributed by atoms with van der Waals surface area (Å²) in [5.41, 5.74) is -2.65. The first-order valence-electron chi connectivity index (χ1n) is 4.56. The van der Waals surface area contributed by atoms with Gasteiger partial charge in [-0.1, -0.05) is 0 Å². The Kier molecular flexibility index (Phi) is 2.41. The number of imidazole rings is 1. The maximum Gasteiger partial charge on any atom is 0.401 e. The topological polar surface area (TPSA) is 117 Å². The van der Waals surface area contributed by atoms with Crippen LogP contribution < -0.4 is 16.9 Å². The molecule has 0 atom stereocenters. The summed E-state index contributed by atoms with van der Waals surface area (Å²) in [6, 6.07) is 0. The van der Waals surface area contributed by atoms with Crippen LogP contribution in [0, 0.1) is 6.57 Å². The minimum Gasteiger partial charge on any atom is -0.395 e. The molecule has 0 saturated carbocycles. The second-order valence-corrected chi connectivity index (χ2v) is 3.18. The van der Waals surface area contributed by atoms with E-state index in [9.17, 15) is 14.4 Å². The maximum atomic E-state index is 11.7. The van der Waals surface area contributed by atoms with Crippen LogP contribution in [0.1, 0.15) is 0 Å². The Balaban J connectivity index is 3.07. The number of rotatable bonds is 2. The first-order valence-corrected chi connectivity index (χ1v) is 4.56. The SMILES string of the molecule is [C-]#[N+]n1c(=O)c2[nH]c(=O)[nH]c2n(CCO)c1=O. The van der Waals surface area contributed by atoms with E-state index in [0.29, 0.717) is 4.68 Å². The van der Waals surface area contributed by atoms with Crippen molar-refractivity contribution in [1.29, 1.82) is 0 Å². The summed E-state index contributed by atoms with van der Waals surface area (Å²) in [4.78, 5) is 41.7. The van der Waals surface area contributed by atoms with Crippen LogP contribution in [0.3, 0.4) is 0 Å². The second-order valence-electron chi connectivity index (χ2n) is 3.18. The largest absolute Gasteiger partial charge is 0.401 e. The lowest BCUT2D eigenvalue weighted by Gasteiger charge is -2.02. The van der Waals surface area contributed by atoms with Crippen molar-refractivity contribution in [2.75, 3.05) is 6.61 Å². The van der Waals surface area contributed by atoms with Crippen LogP contribution in [0.5, 0.6) is 0 Å². The molecule has 2 rings (SSSR count). The average Bonchev–Trinajstić information content (AvgIpc) is 2.67. The molecule has 2 heterocycles. The van der Waals surface area contributed by atoms with Crippen LogP contribution in [0.2, 0.25) is 0 Å². The van der Waals surface area contributed by atoms with Crippen LogP contribution in [0.4, 0.5) is 0 Å². The first-order chi connectivity index (χ1) is 8.10. The Morgan fingerprint density at radius 2 is 2.00 bits per heavy atom. The molecular weight excluding hydrogens is 230 g/mol. The van der Waals surface area contributed by atoms with Crippen molar-refractivity contribution >= 4 is 11.2 Å². The van der Waals surface area contributed by atoms with Gasteiger partial charge in [0.15, 0.2) is 5.52 Å². The Bertz CT molecular complexity index is 783. The second kappa shape index (κ2) is 3.76. The lowest BCUT2D eigenvalue weighted by Crippen LogP contribution is -2.37. The van der Waals surface area contributed by atoms with E-state index < -0.39 is 16.9 Å². The Morgan fingerprint density at radius 3 is 2.59 bits per heavy atom. The molecule has 0 fully saturated rings. The predicted octanol–water partition coefficient (Wildman–Crippen LogP) is -2.15. The molecule has 0 aliphatic rings. The number of fused-ring (bicyclic) bond motifs is 1. The number of aliphatic hydroxyl groups is 1. The molecule has 0 bridgehead atoms. The van der Waals surface area contributed by atoms with Gasteiger partial charge in [-0.05, 0) is 0 Å². The number of nitrogens with zero attached hydrogens (tertiary/aromatic N) is 3. The summed E-state index contributed by atoms with van der Waals surface area (Å²) in [6.07, 6.45) is 0. The molecule has 2 aromatic rings. The van der Waals surface area contributed by atoms with Gasteiger partial charge >= 0.3 is 16.9 Å². The van der Waals surface area contributed by atoms with Gasteiger partial charge in [0.2, 0.25) is 0 Å². The minimum absolute atomic E-state index is 0.0287. The molecule has 0 aliphatic carbocycles. The molecule has 88 valence electrons. The van der Waals surface area contributed by atoms with E-state index in [0.717, 1.165) is 4.57 Å². The number of aromatic nitrogens is 4. The molecule has 0 unspecified atom stereocenters. The van der Waals surface area contributed by atoms with Crippen molar-refractivity contribution in [3.05, 3.63) is 42.8 Å². The number of nitrogens with one attached hydrogen (secondary N) is 2. The van der Waals surface area contributed by atoms with Gasteiger partial charge in [0.25, 0.3) is 0 Å². The first kappa shape index (κ1) is 10.9. The number of H-pyrrole nitrogens is 2. The number of hydrogen-bond acceptors (Lipinski definition) is 4. The molecule has 3 N–H and O–H groups in total.